The van der Waals surface area contributed by atoms with E-state index < -0.39 is 10.0 Å². The van der Waals surface area contributed by atoms with Crippen LogP contribution in [0.25, 0.3) is 0 Å². The first kappa shape index (κ1) is 24.3. The Morgan fingerprint density at radius 3 is 2.57 bits per heavy atom. The summed E-state index contributed by atoms with van der Waals surface area (Å²) in [4.78, 5) is 31.1. The van der Waals surface area contributed by atoms with Gasteiger partial charge in [-0.2, -0.15) is 4.31 Å². The first-order chi connectivity index (χ1) is 16.8. The number of amides is 2. The molecule has 0 N–H and O–H groups in total. The van der Waals surface area contributed by atoms with Gasteiger partial charge in [0.05, 0.1) is 10.6 Å². The Morgan fingerprint density at radius 1 is 1.00 bits per heavy atom. The fourth-order valence-electron chi connectivity index (χ4n) is 5.16. The predicted octanol–water partition coefficient (Wildman–Crippen LogP) is 4.06. The van der Waals surface area contributed by atoms with Gasteiger partial charge in [-0.25, -0.2) is 8.42 Å². The largest absolute Gasteiger partial charge is 0.311 e. The van der Waals surface area contributed by atoms with E-state index in [1.807, 2.05) is 31.2 Å². The summed E-state index contributed by atoms with van der Waals surface area (Å²) < 4.78 is 28.3. The maximum atomic E-state index is 13.5. The molecule has 5 rings (SSSR count). The van der Waals surface area contributed by atoms with Gasteiger partial charge in [-0.3, -0.25) is 9.59 Å². The Hall–Kier alpha value is -2.36. The molecule has 1 fully saturated rings. The highest BCUT2D eigenvalue weighted by atomic mass is 32.2. The van der Waals surface area contributed by atoms with E-state index in [2.05, 4.69) is 0 Å². The third-order valence-electron chi connectivity index (χ3n) is 6.97. The average Bonchev–Trinajstić information content (AvgIpc) is 2.98. The van der Waals surface area contributed by atoms with Crippen molar-refractivity contribution in [1.82, 2.24) is 4.31 Å². The lowest BCUT2D eigenvalue weighted by molar-refractivity contribution is -0.122. The van der Waals surface area contributed by atoms with Crippen LogP contribution < -0.4 is 9.80 Å². The number of hydrogen-bond acceptors (Lipinski definition) is 5. The van der Waals surface area contributed by atoms with Gasteiger partial charge in [-0.15, -0.1) is 11.8 Å². The predicted molar refractivity (Wildman–Crippen MR) is 138 cm³/mol. The van der Waals surface area contributed by atoms with E-state index in [1.54, 1.807) is 34.9 Å². The molecule has 3 heterocycles. The number of aryl methyl sites for hydroxylation is 1. The van der Waals surface area contributed by atoms with Gasteiger partial charge in [0.25, 0.3) is 0 Å². The molecule has 0 unspecified atom stereocenters. The van der Waals surface area contributed by atoms with Gasteiger partial charge in [-0.1, -0.05) is 31.5 Å². The van der Waals surface area contributed by atoms with Crippen molar-refractivity contribution in [2.45, 2.75) is 60.5 Å². The van der Waals surface area contributed by atoms with Crippen LogP contribution in [0.2, 0.25) is 0 Å². The molecule has 2 aromatic rings. The van der Waals surface area contributed by atoms with Crippen molar-refractivity contribution >= 4 is 45.0 Å². The molecular weight excluding hydrogens is 482 g/mol. The number of anilines is 2. The molecular formula is C26H31N3O4S2. The Morgan fingerprint density at radius 2 is 1.77 bits per heavy atom. The number of sulfonamides is 1. The van der Waals surface area contributed by atoms with E-state index in [1.165, 1.54) is 9.21 Å². The molecule has 3 aliphatic heterocycles. The van der Waals surface area contributed by atoms with E-state index >= 15 is 0 Å². The summed E-state index contributed by atoms with van der Waals surface area (Å²) in [5.41, 5.74) is 2.55. The zero-order valence-electron chi connectivity index (χ0n) is 20.0. The molecule has 0 spiro atoms. The van der Waals surface area contributed by atoms with Crippen molar-refractivity contribution < 1.29 is 18.0 Å². The van der Waals surface area contributed by atoms with Gasteiger partial charge in [0.15, 0.2) is 0 Å². The topological polar surface area (TPSA) is 78.0 Å². The summed E-state index contributed by atoms with van der Waals surface area (Å²) in [5.74, 6) is -0.310. The minimum atomic E-state index is -3.66. The monoisotopic (exact) mass is 513 g/mol. The van der Waals surface area contributed by atoms with Gasteiger partial charge in [0.1, 0.15) is 6.54 Å². The Balaban J connectivity index is 1.48. The van der Waals surface area contributed by atoms with Gasteiger partial charge in [0.2, 0.25) is 21.8 Å². The van der Waals surface area contributed by atoms with E-state index in [-0.39, 0.29) is 34.9 Å². The van der Waals surface area contributed by atoms with Crippen molar-refractivity contribution in [3.05, 3.63) is 48.0 Å². The first-order valence-corrected chi connectivity index (χ1v) is 14.7. The van der Waals surface area contributed by atoms with Crippen molar-refractivity contribution in [3.63, 3.8) is 0 Å². The molecule has 1 atom stereocenters. The number of thioether (sulfide) groups is 1. The molecule has 2 aromatic carbocycles. The summed E-state index contributed by atoms with van der Waals surface area (Å²) in [6, 6.07) is 12.9. The Labute approximate surface area is 211 Å². The maximum Gasteiger partial charge on any atom is 0.247 e. The second-order valence-electron chi connectivity index (χ2n) is 9.48. The molecule has 9 heteroatoms. The first-order valence-electron chi connectivity index (χ1n) is 12.3. The van der Waals surface area contributed by atoms with Crippen LogP contribution in [0.1, 0.15) is 44.6 Å². The van der Waals surface area contributed by atoms with E-state index in [0.29, 0.717) is 25.3 Å². The highest BCUT2D eigenvalue weighted by Gasteiger charge is 2.33. The summed E-state index contributed by atoms with van der Waals surface area (Å²) in [7, 11) is -3.66. The second-order valence-corrected chi connectivity index (χ2v) is 12.9. The second kappa shape index (κ2) is 9.95. The number of fused-ring (bicyclic) bond motifs is 2. The summed E-state index contributed by atoms with van der Waals surface area (Å²) in [6.07, 6.45) is 4.84. The van der Waals surface area contributed by atoms with Crippen LogP contribution in [-0.2, 0) is 26.0 Å². The van der Waals surface area contributed by atoms with E-state index in [0.717, 1.165) is 48.3 Å². The maximum absolute atomic E-state index is 13.5. The number of hydrogen-bond donors (Lipinski definition) is 0. The quantitative estimate of drug-likeness (QED) is 0.616. The van der Waals surface area contributed by atoms with Crippen LogP contribution in [0.15, 0.2) is 52.3 Å². The lowest BCUT2D eigenvalue weighted by Gasteiger charge is -2.32. The van der Waals surface area contributed by atoms with Crippen LogP contribution >= 0.6 is 11.8 Å². The molecule has 2 amide bonds. The standard InChI is InChI=1S/C26H31N3O4S2/c1-19-16-25(30)29(18-26(31)28-15-7-9-20-8-3-4-10-22(20)28)23-17-21(11-12-24(23)34-19)35(32,33)27-13-5-2-6-14-27/h3-4,8,10-12,17,19H,2,5-7,9,13-16,18H2,1H3/t19-/m0/s1. The molecule has 186 valence electrons. The highest BCUT2D eigenvalue weighted by Crippen LogP contribution is 2.40. The molecule has 0 aliphatic carbocycles. The van der Waals surface area contributed by atoms with Crippen molar-refractivity contribution in [2.75, 3.05) is 36.0 Å². The number of rotatable bonds is 4. The third-order valence-corrected chi connectivity index (χ3v) is 10.0. The van der Waals surface area contributed by atoms with E-state index in [4.69, 9.17) is 0 Å². The van der Waals surface area contributed by atoms with E-state index in [9.17, 15) is 18.0 Å². The van der Waals surface area contributed by atoms with Crippen LogP contribution in [0.4, 0.5) is 11.4 Å². The molecule has 3 aliphatic rings. The van der Waals surface area contributed by atoms with Crippen molar-refractivity contribution in [1.29, 1.82) is 0 Å². The lowest BCUT2D eigenvalue weighted by Crippen LogP contribution is -2.45. The summed E-state index contributed by atoms with van der Waals surface area (Å²) >= 11 is 1.55. The number of piperidine rings is 1. The Kier molecular flexibility index (Phi) is 6.92. The number of nitrogens with zero attached hydrogens (tertiary/aromatic N) is 3. The van der Waals surface area contributed by atoms with Gasteiger partial charge in [0, 0.05) is 41.9 Å². The minimum absolute atomic E-state index is 0.0293. The fraction of sp³-hybridized carbons (Fsp3) is 0.462. The fourth-order valence-corrected chi connectivity index (χ4v) is 7.79. The molecule has 0 radical (unpaired) electrons. The average molecular weight is 514 g/mol. The van der Waals surface area contributed by atoms with Crippen molar-refractivity contribution in [3.8, 4) is 0 Å². The molecule has 7 nitrogen and oxygen atoms in total. The van der Waals surface area contributed by atoms with Gasteiger partial charge < -0.3 is 9.80 Å². The highest BCUT2D eigenvalue weighted by molar-refractivity contribution is 8.00. The van der Waals surface area contributed by atoms with Crippen LogP contribution in [0.3, 0.4) is 0 Å². The Bertz CT molecular complexity index is 1240. The number of benzene rings is 2. The normalized spacial score (nSPS) is 21.3. The minimum Gasteiger partial charge on any atom is -0.311 e. The SMILES string of the molecule is C[C@H]1CC(=O)N(CC(=O)N2CCCc3ccccc32)c2cc(S(=O)(=O)N3CCCCC3)ccc2S1. The molecule has 1 saturated heterocycles. The zero-order valence-corrected chi connectivity index (χ0v) is 21.6. The van der Waals surface area contributed by atoms with Crippen LogP contribution in [0.5, 0.6) is 0 Å². The number of para-hydroxylation sites is 1. The molecule has 0 bridgehead atoms. The van der Waals surface area contributed by atoms with Crippen molar-refractivity contribution in [2.24, 2.45) is 0 Å². The zero-order chi connectivity index (χ0) is 24.6. The van der Waals surface area contributed by atoms with Gasteiger partial charge >= 0.3 is 0 Å². The molecule has 0 aromatic heterocycles. The van der Waals surface area contributed by atoms with Crippen LogP contribution in [0, 0.1) is 0 Å². The summed E-state index contributed by atoms with van der Waals surface area (Å²) in [6.45, 7) is 3.51. The number of carbonyl (C=O) groups excluding carboxylic acids is 2. The molecule has 0 saturated carbocycles. The van der Waals surface area contributed by atoms with Gasteiger partial charge in [-0.05, 0) is 55.5 Å². The summed E-state index contributed by atoms with van der Waals surface area (Å²) in [5, 5.41) is 0.0293. The lowest BCUT2D eigenvalue weighted by atomic mass is 10.0. The molecule has 35 heavy (non-hydrogen) atoms. The smallest absolute Gasteiger partial charge is 0.247 e. The third kappa shape index (κ3) is 4.86. The van der Waals surface area contributed by atoms with Crippen LogP contribution in [-0.4, -0.2) is 56.0 Å². The number of carbonyl (C=O) groups is 2.